The first-order chi connectivity index (χ1) is 7.74. The van der Waals surface area contributed by atoms with Crippen molar-refractivity contribution in [1.82, 2.24) is 4.72 Å². The lowest BCUT2D eigenvalue weighted by Gasteiger charge is -2.11. The van der Waals surface area contributed by atoms with Gasteiger partial charge in [0, 0.05) is 6.04 Å². The fourth-order valence-corrected chi connectivity index (χ4v) is 2.62. The minimum absolute atomic E-state index is 0.0875. The molecule has 0 saturated heterocycles. The zero-order valence-corrected chi connectivity index (χ0v) is 10.2. The van der Waals surface area contributed by atoms with Gasteiger partial charge in [0.2, 0.25) is 10.0 Å². The fraction of sp³-hybridized carbons (Fsp3) is 0.333. The van der Waals surface area contributed by atoms with Crippen LogP contribution in [0.2, 0.25) is 0 Å². The molecule has 0 spiro atoms. The summed E-state index contributed by atoms with van der Waals surface area (Å²) in [4.78, 5) is -0.600. The summed E-state index contributed by atoms with van der Waals surface area (Å²) in [7, 11) is -5.84. The van der Waals surface area contributed by atoms with Crippen LogP contribution in [0.15, 0.2) is 23.1 Å². The van der Waals surface area contributed by atoms with Crippen LogP contribution in [0.25, 0.3) is 0 Å². The van der Waals surface area contributed by atoms with Gasteiger partial charge < -0.3 is 10.0 Å². The van der Waals surface area contributed by atoms with Gasteiger partial charge in [-0.25, -0.2) is 17.5 Å². The average molecular weight is 261 g/mol. The predicted molar refractivity (Wildman–Crippen MR) is 61.7 cm³/mol. The van der Waals surface area contributed by atoms with E-state index in [-0.39, 0.29) is 11.5 Å². The van der Waals surface area contributed by atoms with Crippen LogP contribution in [0.3, 0.4) is 0 Å². The van der Waals surface area contributed by atoms with Gasteiger partial charge in [0.25, 0.3) is 0 Å². The van der Waals surface area contributed by atoms with Gasteiger partial charge in [0.1, 0.15) is 10.7 Å². The summed E-state index contributed by atoms with van der Waals surface area (Å²) in [5.74, 6) is -0.942. The molecule has 0 aromatic heterocycles. The Balaban J connectivity index is 3.25. The van der Waals surface area contributed by atoms with Crippen LogP contribution in [-0.2, 0) is 10.0 Å². The summed E-state index contributed by atoms with van der Waals surface area (Å²) in [6, 6.07) is 2.49. The van der Waals surface area contributed by atoms with E-state index in [4.69, 9.17) is 10.0 Å². The van der Waals surface area contributed by atoms with Gasteiger partial charge in [-0.05, 0) is 31.4 Å². The smallest absolute Gasteiger partial charge is 0.423 e. The number of rotatable bonds is 4. The molecule has 0 atom stereocenters. The summed E-state index contributed by atoms with van der Waals surface area (Å²) in [6.07, 6.45) is 0. The van der Waals surface area contributed by atoms with E-state index in [2.05, 4.69) is 4.72 Å². The maximum absolute atomic E-state index is 13.4. The van der Waals surface area contributed by atoms with E-state index in [1.165, 1.54) is 0 Å². The molecular weight excluding hydrogens is 248 g/mol. The SMILES string of the molecule is CC(C)NS(=O)(=O)c1cc(B(O)O)ccc1F. The molecule has 94 valence electrons. The van der Waals surface area contributed by atoms with Crippen molar-refractivity contribution in [2.45, 2.75) is 24.8 Å². The fourth-order valence-electron chi connectivity index (χ4n) is 1.26. The highest BCUT2D eigenvalue weighted by atomic mass is 32.2. The molecule has 0 radical (unpaired) electrons. The van der Waals surface area contributed by atoms with Gasteiger partial charge in [-0.2, -0.15) is 0 Å². The molecule has 0 fully saturated rings. The minimum atomic E-state index is -3.99. The maximum Gasteiger partial charge on any atom is 0.488 e. The summed E-state index contributed by atoms with van der Waals surface area (Å²) in [6.45, 7) is 3.19. The molecule has 1 aromatic carbocycles. The largest absolute Gasteiger partial charge is 0.488 e. The Labute approximate surface area is 99.5 Å². The Morgan fingerprint density at radius 2 is 1.94 bits per heavy atom. The Hall–Kier alpha value is -0.955. The van der Waals surface area contributed by atoms with E-state index in [0.29, 0.717) is 0 Å². The van der Waals surface area contributed by atoms with Crippen LogP contribution in [0, 0.1) is 5.82 Å². The lowest BCUT2D eigenvalue weighted by Crippen LogP contribution is -2.34. The van der Waals surface area contributed by atoms with Crippen LogP contribution < -0.4 is 10.2 Å². The molecule has 0 aliphatic rings. The molecule has 0 unspecified atom stereocenters. The Kier molecular flexibility index (Phi) is 4.26. The van der Waals surface area contributed by atoms with Crippen molar-refractivity contribution in [1.29, 1.82) is 0 Å². The monoisotopic (exact) mass is 261 g/mol. The molecule has 8 heteroatoms. The second kappa shape index (κ2) is 5.13. The number of halogens is 1. The van der Waals surface area contributed by atoms with E-state index in [0.717, 1.165) is 18.2 Å². The van der Waals surface area contributed by atoms with Crippen molar-refractivity contribution >= 4 is 22.6 Å². The molecule has 0 bridgehead atoms. The second-order valence-electron chi connectivity index (χ2n) is 3.84. The number of nitrogens with one attached hydrogen (secondary N) is 1. The molecule has 3 N–H and O–H groups in total. The number of benzene rings is 1. The summed E-state index contributed by atoms with van der Waals surface area (Å²) in [5.41, 5.74) is -0.0875. The lowest BCUT2D eigenvalue weighted by molar-refractivity contribution is 0.425. The number of hydrogen-bond donors (Lipinski definition) is 3. The lowest BCUT2D eigenvalue weighted by atomic mass is 9.80. The van der Waals surface area contributed by atoms with Crippen molar-refractivity contribution < 1.29 is 22.9 Å². The van der Waals surface area contributed by atoms with Crippen molar-refractivity contribution in [3.8, 4) is 0 Å². The first kappa shape index (κ1) is 14.1. The molecule has 0 heterocycles. The maximum atomic E-state index is 13.4. The summed E-state index contributed by atoms with van der Waals surface area (Å²) in [5, 5.41) is 17.8. The van der Waals surface area contributed by atoms with Crippen molar-refractivity contribution in [3.63, 3.8) is 0 Å². The molecule has 0 aliphatic heterocycles. The molecule has 0 saturated carbocycles. The van der Waals surface area contributed by atoms with Crippen molar-refractivity contribution in [2.24, 2.45) is 0 Å². The normalized spacial score (nSPS) is 11.9. The Morgan fingerprint density at radius 3 is 2.41 bits per heavy atom. The van der Waals surface area contributed by atoms with Gasteiger partial charge in [-0.1, -0.05) is 6.07 Å². The van der Waals surface area contributed by atoms with Crippen LogP contribution in [-0.4, -0.2) is 31.6 Å². The minimum Gasteiger partial charge on any atom is -0.423 e. The third kappa shape index (κ3) is 3.50. The van der Waals surface area contributed by atoms with Crippen LogP contribution in [0.1, 0.15) is 13.8 Å². The van der Waals surface area contributed by atoms with Crippen LogP contribution >= 0.6 is 0 Å². The van der Waals surface area contributed by atoms with Gasteiger partial charge >= 0.3 is 7.12 Å². The molecule has 1 rings (SSSR count). The second-order valence-corrected chi connectivity index (χ2v) is 5.52. The highest BCUT2D eigenvalue weighted by molar-refractivity contribution is 7.89. The van der Waals surface area contributed by atoms with E-state index < -0.39 is 27.9 Å². The Morgan fingerprint density at radius 1 is 1.35 bits per heavy atom. The van der Waals surface area contributed by atoms with Crippen LogP contribution in [0.5, 0.6) is 0 Å². The molecule has 17 heavy (non-hydrogen) atoms. The quantitative estimate of drug-likeness (QED) is 0.619. The Bertz CT molecular complexity index is 504. The third-order valence-corrected chi connectivity index (χ3v) is 3.61. The van der Waals surface area contributed by atoms with Crippen molar-refractivity contribution in [3.05, 3.63) is 24.0 Å². The summed E-state index contributed by atoms with van der Waals surface area (Å²) >= 11 is 0. The number of hydrogen-bond acceptors (Lipinski definition) is 4. The molecule has 5 nitrogen and oxygen atoms in total. The average Bonchev–Trinajstić information content (AvgIpc) is 2.15. The highest BCUT2D eigenvalue weighted by Gasteiger charge is 2.22. The van der Waals surface area contributed by atoms with Crippen LogP contribution in [0.4, 0.5) is 4.39 Å². The van der Waals surface area contributed by atoms with E-state index in [9.17, 15) is 12.8 Å². The zero-order valence-electron chi connectivity index (χ0n) is 9.38. The van der Waals surface area contributed by atoms with Gasteiger partial charge in [0.15, 0.2) is 0 Å². The topological polar surface area (TPSA) is 86.6 Å². The molecule has 1 aromatic rings. The third-order valence-electron chi connectivity index (χ3n) is 1.93. The highest BCUT2D eigenvalue weighted by Crippen LogP contribution is 2.12. The van der Waals surface area contributed by atoms with Crippen molar-refractivity contribution in [2.75, 3.05) is 0 Å². The molecular formula is C9H13BFNO4S. The first-order valence-electron chi connectivity index (χ1n) is 4.92. The van der Waals surface area contributed by atoms with E-state index in [1.807, 2.05) is 0 Å². The number of sulfonamides is 1. The molecule has 0 aliphatic carbocycles. The standard InChI is InChI=1S/C9H13BFNO4S/c1-6(2)12-17(15,16)9-5-7(10(13)14)3-4-8(9)11/h3-6,12-14H,1-2H3. The van der Waals surface area contributed by atoms with E-state index in [1.54, 1.807) is 13.8 Å². The van der Waals surface area contributed by atoms with Gasteiger partial charge in [-0.15, -0.1) is 0 Å². The first-order valence-corrected chi connectivity index (χ1v) is 6.40. The zero-order chi connectivity index (χ0) is 13.2. The summed E-state index contributed by atoms with van der Waals surface area (Å²) < 4.78 is 39.1. The van der Waals surface area contributed by atoms with Gasteiger partial charge in [-0.3, -0.25) is 0 Å². The van der Waals surface area contributed by atoms with E-state index >= 15 is 0 Å². The molecule has 0 amide bonds. The van der Waals surface area contributed by atoms with Gasteiger partial charge in [0.05, 0.1) is 0 Å². The predicted octanol–water partition coefficient (Wildman–Crippen LogP) is -0.808.